The minimum absolute atomic E-state index is 0.891. The van der Waals surface area contributed by atoms with Gasteiger partial charge in [0.1, 0.15) is 0 Å². The standard InChI is InChI=1S/C5H9F2NO3/c1-5(2-9,3(6)7)11-4(8)10/h3,9H,2H2,1H3,(H2,8,10). The molecular weight excluding hydrogens is 160 g/mol. The molecule has 0 aliphatic rings. The number of alkyl halides is 2. The first kappa shape index (κ1) is 10.1. The van der Waals surface area contributed by atoms with Crippen LogP contribution in [-0.2, 0) is 4.74 Å². The summed E-state index contributed by atoms with van der Waals surface area (Å²) in [4.78, 5) is 10.0. The van der Waals surface area contributed by atoms with E-state index in [1.807, 2.05) is 0 Å². The number of amides is 1. The molecule has 0 fully saturated rings. The van der Waals surface area contributed by atoms with Gasteiger partial charge in [-0.25, -0.2) is 13.6 Å². The van der Waals surface area contributed by atoms with Crippen molar-refractivity contribution in [1.82, 2.24) is 0 Å². The summed E-state index contributed by atoms with van der Waals surface area (Å²) < 4.78 is 27.9. The van der Waals surface area contributed by atoms with Crippen LogP contribution in [-0.4, -0.2) is 29.8 Å². The fourth-order valence-electron chi connectivity index (χ4n) is 0.376. The number of rotatable bonds is 3. The van der Waals surface area contributed by atoms with Crippen molar-refractivity contribution in [3.05, 3.63) is 0 Å². The molecule has 1 atom stereocenters. The van der Waals surface area contributed by atoms with E-state index in [9.17, 15) is 13.6 Å². The number of hydrogen-bond donors (Lipinski definition) is 2. The maximum Gasteiger partial charge on any atom is 0.405 e. The summed E-state index contributed by atoms with van der Waals surface area (Å²) in [5.41, 5.74) is 2.30. The van der Waals surface area contributed by atoms with Gasteiger partial charge in [-0.1, -0.05) is 0 Å². The predicted molar refractivity (Wildman–Crippen MR) is 32.2 cm³/mol. The van der Waals surface area contributed by atoms with E-state index in [1.54, 1.807) is 0 Å². The lowest BCUT2D eigenvalue weighted by atomic mass is 10.1. The smallest absolute Gasteiger partial charge is 0.405 e. The molecule has 4 nitrogen and oxygen atoms in total. The zero-order chi connectivity index (χ0) is 9.07. The Hall–Kier alpha value is -0.910. The molecule has 1 amide bonds. The van der Waals surface area contributed by atoms with Crippen LogP contribution in [0.3, 0.4) is 0 Å². The average molecular weight is 169 g/mol. The molecule has 0 aromatic heterocycles. The van der Waals surface area contributed by atoms with Crippen LogP contribution >= 0.6 is 0 Å². The van der Waals surface area contributed by atoms with Gasteiger partial charge in [0, 0.05) is 0 Å². The maximum atomic E-state index is 12.0. The van der Waals surface area contributed by atoms with Crippen LogP contribution in [0.5, 0.6) is 0 Å². The third-order valence-electron chi connectivity index (χ3n) is 1.11. The molecule has 0 rings (SSSR count). The molecule has 0 aromatic carbocycles. The summed E-state index contributed by atoms with van der Waals surface area (Å²) >= 11 is 0. The summed E-state index contributed by atoms with van der Waals surface area (Å²) in [6.07, 6.45) is -4.29. The number of primary amides is 1. The summed E-state index contributed by atoms with van der Waals surface area (Å²) in [6, 6.07) is 0. The van der Waals surface area contributed by atoms with Gasteiger partial charge in [-0.3, -0.25) is 0 Å². The molecule has 1 unspecified atom stereocenters. The summed E-state index contributed by atoms with van der Waals surface area (Å²) in [5.74, 6) is 0. The van der Waals surface area contributed by atoms with Crippen LogP contribution < -0.4 is 5.73 Å². The second-order valence-corrected chi connectivity index (χ2v) is 2.19. The van der Waals surface area contributed by atoms with Crippen molar-refractivity contribution in [3.63, 3.8) is 0 Å². The highest BCUT2D eigenvalue weighted by atomic mass is 19.3. The molecule has 0 aromatic rings. The van der Waals surface area contributed by atoms with Crippen molar-refractivity contribution in [3.8, 4) is 0 Å². The van der Waals surface area contributed by atoms with E-state index in [1.165, 1.54) is 0 Å². The number of aliphatic hydroxyl groups excluding tert-OH is 1. The van der Waals surface area contributed by atoms with E-state index in [0.29, 0.717) is 0 Å². The van der Waals surface area contributed by atoms with Crippen LogP contribution in [0.2, 0.25) is 0 Å². The molecule has 0 heterocycles. The second-order valence-electron chi connectivity index (χ2n) is 2.19. The zero-order valence-corrected chi connectivity index (χ0v) is 5.88. The first-order chi connectivity index (χ1) is 4.92. The van der Waals surface area contributed by atoms with E-state index < -0.39 is 24.7 Å². The van der Waals surface area contributed by atoms with Crippen molar-refractivity contribution in [2.75, 3.05) is 6.61 Å². The Labute approximate surface area is 61.9 Å². The second kappa shape index (κ2) is 3.47. The Kier molecular flexibility index (Phi) is 3.18. The van der Waals surface area contributed by atoms with Gasteiger partial charge < -0.3 is 15.6 Å². The molecule has 0 radical (unpaired) electrons. The monoisotopic (exact) mass is 169 g/mol. The Balaban J connectivity index is 4.22. The lowest BCUT2D eigenvalue weighted by Gasteiger charge is -2.24. The number of nitrogens with two attached hydrogens (primary N) is 1. The third-order valence-corrected chi connectivity index (χ3v) is 1.11. The third kappa shape index (κ3) is 2.67. The molecule has 0 aliphatic carbocycles. The quantitative estimate of drug-likeness (QED) is 0.629. The normalized spacial score (nSPS) is 16.1. The minimum atomic E-state index is -2.96. The van der Waals surface area contributed by atoms with Crippen molar-refractivity contribution < 1.29 is 23.4 Å². The van der Waals surface area contributed by atoms with Crippen LogP contribution in [0.1, 0.15) is 6.92 Å². The van der Waals surface area contributed by atoms with E-state index in [2.05, 4.69) is 10.5 Å². The van der Waals surface area contributed by atoms with Gasteiger partial charge in [-0.05, 0) is 6.92 Å². The highest BCUT2D eigenvalue weighted by Crippen LogP contribution is 2.18. The van der Waals surface area contributed by atoms with Gasteiger partial charge in [0.05, 0.1) is 6.61 Å². The Morgan fingerprint density at radius 2 is 2.27 bits per heavy atom. The number of halogens is 2. The van der Waals surface area contributed by atoms with Gasteiger partial charge in [0.15, 0.2) is 5.60 Å². The zero-order valence-electron chi connectivity index (χ0n) is 5.88. The van der Waals surface area contributed by atoms with Crippen molar-refractivity contribution >= 4 is 6.09 Å². The molecule has 66 valence electrons. The highest BCUT2D eigenvalue weighted by Gasteiger charge is 2.38. The SMILES string of the molecule is CC(CO)(OC(N)=O)C(F)F. The topological polar surface area (TPSA) is 72.6 Å². The molecule has 6 heteroatoms. The van der Waals surface area contributed by atoms with Crippen LogP contribution in [0.25, 0.3) is 0 Å². The molecule has 3 N–H and O–H groups in total. The number of hydrogen-bond acceptors (Lipinski definition) is 3. The molecule has 0 spiro atoms. The predicted octanol–water partition coefficient (Wildman–Crippen LogP) is 0.0978. The van der Waals surface area contributed by atoms with Crippen molar-refractivity contribution in [1.29, 1.82) is 0 Å². The summed E-state index contributed by atoms with van der Waals surface area (Å²) in [7, 11) is 0. The molecule has 0 bridgehead atoms. The lowest BCUT2D eigenvalue weighted by molar-refractivity contribution is -0.112. The Morgan fingerprint density at radius 1 is 1.82 bits per heavy atom. The fraction of sp³-hybridized carbons (Fsp3) is 0.800. The molecule has 0 saturated carbocycles. The number of ether oxygens (including phenoxy) is 1. The van der Waals surface area contributed by atoms with E-state index in [4.69, 9.17) is 5.11 Å². The minimum Gasteiger partial charge on any atom is -0.435 e. The first-order valence-electron chi connectivity index (χ1n) is 2.80. The van der Waals surface area contributed by atoms with Gasteiger partial charge >= 0.3 is 6.09 Å². The Bertz CT molecular complexity index is 153. The number of carbonyl (C=O) groups excluding carboxylic acids is 1. The van der Waals surface area contributed by atoms with Gasteiger partial charge in [-0.2, -0.15) is 0 Å². The fourth-order valence-corrected chi connectivity index (χ4v) is 0.376. The molecule has 0 aliphatic heterocycles. The molecular formula is C5H9F2NO3. The first-order valence-corrected chi connectivity index (χ1v) is 2.80. The lowest BCUT2D eigenvalue weighted by Crippen LogP contribution is -2.44. The Morgan fingerprint density at radius 3 is 2.36 bits per heavy atom. The van der Waals surface area contributed by atoms with Gasteiger partial charge in [0.25, 0.3) is 6.43 Å². The van der Waals surface area contributed by atoms with E-state index in [-0.39, 0.29) is 0 Å². The van der Waals surface area contributed by atoms with Crippen LogP contribution in [0.4, 0.5) is 13.6 Å². The van der Waals surface area contributed by atoms with Crippen LogP contribution in [0, 0.1) is 0 Å². The molecule has 11 heavy (non-hydrogen) atoms. The number of carbonyl (C=O) groups is 1. The largest absolute Gasteiger partial charge is 0.435 e. The van der Waals surface area contributed by atoms with Gasteiger partial charge in [-0.15, -0.1) is 0 Å². The van der Waals surface area contributed by atoms with E-state index >= 15 is 0 Å². The van der Waals surface area contributed by atoms with Crippen molar-refractivity contribution in [2.24, 2.45) is 5.73 Å². The van der Waals surface area contributed by atoms with Crippen LogP contribution in [0.15, 0.2) is 0 Å². The number of aliphatic hydroxyl groups is 1. The maximum absolute atomic E-state index is 12.0. The highest BCUT2D eigenvalue weighted by molar-refractivity contribution is 5.65. The van der Waals surface area contributed by atoms with Gasteiger partial charge in [0.2, 0.25) is 0 Å². The average Bonchev–Trinajstić information content (AvgIpc) is 1.86. The summed E-state index contributed by atoms with van der Waals surface area (Å²) in [5, 5.41) is 8.39. The summed E-state index contributed by atoms with van der Waals surface area (Å²) in [6.45, 7) is -0.0734. The molecule has 0 saturated heterocycles. The van der Waals surface area contributed by atoms with Crippen molar-refractivity contribution in [2.45, 2.75) is 19.0 Å². The van der Waals surface area contributed by atoms with E-state index in [0.717, 1.165) is 6.92 Å².